The van der Waals surface area contributed by atoms with Crippen LogP contribution in [0.4, 0.5) is 10.2 Å². The largest absolute Gasteiger partial charge is 0.496 e. The number of fused-ring (bicyclic) bond motifs is 1. The highest BCUT2D eigenvalue weighted by molar-refractivity contribution is 6.34. The monoisotopic (exact) mass is 498 g/mol. The molecule has 0 fully saturated rings. The molecule has 0 amide bonds. The smallest absolute Gasteiger partial charge is 0.341 e. The molecule has 2 aromatic heterocycles. The van der Waals surface area contributed by atoms with Gasteiger partial charge in [0.2, 0.25) is 0 Å². The van der Waals surface area contributed by atoms with Crippen molar-refractivity contribution in [2.24, 2.45) is 0 Å². The van der Waals surface area contributed by atoms with Gasteiger partial charge in [0.1, 0.15) is 35.0 Å². The molecule has 0 aliphatic heterocycles. The Morgan fingerprint density at radius 3 is 2.71 bits per heavy atom. The molecule has 182 valence electrons. The average Bonchev–Trinajstić information content (AvgIpc) is 3.16. The van der Waals surface area contributed by atoms with Gasteiger partial charge in [0.15, 0.2) is 0 Å². The fraction of sp³-hybridized carbons (Fsp3) is 0.240. The Labute approximate surface area is 206 Å². The molecule has 2 heterocycles. The maximum Gasteiger partial charge on any atom is 0.341 e. The molecule has 8 nitrogen and oxygen atoms in total. The van der Waals surface area contributed by atoms with Crippen LogP contribution in [0.1, 0.15) is 23.0 Å². The van der Waals surface area contributed by atoms with Gasteiger partial charge in [0.05, 0.1) is 29.9 Å². The number of methoxy groups -OCH3 is 1. The van der Waals surface area contributed by atoms with Crippen LogP contribution in [0.15, 0.2) is 42.7 Å². The molecule has 4 rings (SSSR count). The summed E-state index contributed by atoms with van der Waals surface area (Å²) >= 11 is 6.23. The van der Waals surface area contributed by atoms with Crippen molar-refractivity contribution < 1.29 is 23.8 Å². The Hall–Kier alpha value is -3.85. The normalized spacial score (nSPS) is 11.0. The molecule has 35 heavy (non-hydrogen) atoms. The highest BCUT2D eigenvalue weighted by atomic mass is 35.5. The Balaban J connectivity index is 1.56. The second-order valence-corrected chi connectivity index (χ2v) is 8.14. The number of benzene rings is 2. The van der Waals surface area contributed by atoms with Crippen molar-refractivity contribution in [3.63, 3.8) is 0 Å². The number of anilines is 1. The third kappa shape index (κ3) is 4.85. The van der Waals surface area contributed by atoms with E-state index in [1.807, 2.05) is 17.6 Å². The Morgan fingerprint density at radius 2 is 2.00 bits per heavy atom. The molecule has 4 aromatic rings. The fourth-order valence-corrected chi connectivity index (χ4v) is 4.31. The predicted octanol–water partition coefficient (Wildman–Crippen LogP) is 5.42. The zero-order valence-electron chi connectivity index (χ0n) is 19.4. The molecule has 2 N–H and O–H groups in total. The first-order chi connectivity index (χ1) is 16.8. The Morgan fingerprint density at radius 1 is 1.20 bits per heavy atom. The van der Waals surface area contributed by atoms with Crippen LogP contribution >= 0.6 is 11.6 Å². The van der Waals surface area contributed by atoms with Crippen molar-refractivity contribution in [3.8, 4) is 22.8 Å². The number of carboxylic acid groups (broad SMARTS) is 1. The van der Waals surface area contributed by atoms with Crippen molar-refractivity contribution in [1.29, 1.82) is 0 Å². The van der Waals surface area contributed by atoms with Gasteiger partial charge in [-0.2, -0.15) is 0 Å². The van der Waals surface area contributed by atoms with Crippen LogP contribution in [0.5, 0.6) is 11.5 Å². The van der Waals surface area contributed by atoms with Crippen LogP contribution in [0, 0.1) is 12.7 Å². The van der Waals surface area contributed by atoms with Crippen LogP contribution in [0.25, 0.3) is 22.2 Å². The van der Waals surface area contributed by atoms with Gasteiger partial charge < -0.3 is 24.5 Å². The maximum absolute atomic E-state index is 14.6. The lowest BCUT2D eigenvalue weighted by Gasteiger charge is -2.13. The van der Waals surface area contributed by atoms with Gasteiger partial charge in [-0.25, -0.2) is 19.2 Å². The summed E-state index contributed by atoms with van der Waals surface area (Å²) < 4.78 is 27.3. The molecule has 2 aromatic carbocycles. The third-order valence-corrected chi connectivity index (χ3v) is 5.87. The lowest BCUT2D eigenvalue weighted by Crippen LogP contribution is -2.13. The summed E-state index contributed by atoms with van der Waals surface area (Å²) in [6, 6.07) is 9.78. The lowest BCUT2D eigenvalue weighted by atomic mass is 10.1. The number of aryl methyl sites for hydroxylation is 1. The van der Waals surface area contributed by atoms with Gasteiger partial charge in [-0.15, -0.1) is 0 Å². The number of aromatic carboxylic acids is 1. The summed E-state index contributed by atoms with van der Waals surface area (Å²) in [5.41, 5.74) is 2.44. The van der Waals surface area contributed by atoms with Crippen LogP contribution < -0.4 is 14.8 Å². The summed E-state index contributed by atoms with van der Waals surface area (Å²) in [5, 5.41) is 13.5. The van der Waals surface area contributed by atoms with E-state index < -0.39 is 5.97 Å². The molecular formula is C25H24ClFN4O4. The molecule has 0 saturated carbocycles. The predicted molar refractivity (Wildman–Crippen MR) is 132 cm³/mol. The topological polar surface area (TPSA) is 98.5 Å². The molecule has 0 unspecified atom stereocenters. The Kier molecular flexibility index (Phi) is 7.07. The maximum atomic E-state index is 14.6. The highest BCUT2D eigenvalue weighted by Gasteiger charge is 2.19. The van der Waals surface area contributed by atoms with Gasteiger partial charge in [-0.1, -0.05) is 11.6 Å². The minimum Gasteiger partial charge on any atom is -0.496 e. The van der Waals surface area contributed by atoms with E-state index in [9.17, 15) is 14.3 Å². The number of ether oxygens (including phenoxy) is 2. The van der Waals surface area contributed by atoms with Crippen molar-refractivity contribution in [2.75, 3.05) is 25.6 Å². The van der Waals surface area contributed by atoms with Crippen molar-refractivity contribution in [2.45, 2.75) is 20.4 Å². The SMILES string of the molecule is CCOc1cc(-c2cc(NCCn3c(C)cc4c(OC)ccc(F)c43)ncn2)cc(Cl)c1C(=O)O. The second-order valence-electron chi connectivity index (χ2n) is 7.73. The average molecular weight is 499 g/mol. The molecule has 0 aliphatic rings. The fourth-order valence-electron chi connectivity index (χ4n) is 4.02. The minimum absolute atomic E-state index is 0.0546. The minimum atomic E-state index is -1.17. The number of hydrogen-bond donors (Lipinski definition) is 2. The third-order valence-electron chi connectivity index (χ3n) is 5.57. The van der Waals surface area contributed by atoms with E-state index in [-0.39, 0.29) is 28.8 Å². The molecule has 0 saturated heterocycles. The number of halogens is 2. The quantitative estimate of drug-likeness (QED) is 0.318. The first kappa shape index (κ1) is 24.3. The van der Waals surface area contributed by atoms with E-state index in [1.165, 1.54) is 18.5 Å². The molecular weight excluding hydrogens is 475 g/mol. The van der Waals surface area contributed by atoms with E-state index in [4.69, 9.17) is 21.1 Å². The van der Waals surface area contributed by atoms with Gasteiger partial charge in [-0.3, -0.25) is 0 Å². The zero-order valence-corrected chi connectivity index (χ0v) is 20.2. The summed E-state index contributed by atoms with van der Waals surface area (Å²) in [5.74, 6) is -0.140. The number of nitrogens with one attached hydrogen (secondary N) is 1. The van der Waals surface area contributed by atoms with Crippen LogP contribution in [-0.2, 0) is 6.54 Å². The molecule has 0 spiro atoms. The standard InChI is InChI=1S/C25H24ClFN4O4/c1-4-35-21-11-15(10-17(26)23(21)25(32)33)19-12-22(30-13-29-19)28-7-8-31-14(2)9-16-20(34-3)6-5-18(27)24(16)31/h5-6,9-13H,4,7-8H2,1-3H3,(H,32,33)(H,28,29,30). The number of hydrogen-bond acceptors (Lipinski definition) is 6. The summed E-state index contributed by atoms with van der Waals surface area (Å²) in [6.07, 6.45) is 1.40. The van der Waals surface area contributed by atoms with Crippen LogP contribution in [0.2, 0.25) is 5.02 Å². The number of carbonyl (C=O) groups is 1. The molecule has 0 aliphatic carbocycles. The van der Waals surface area contributed by atoms with Crippen molar-refractivity contribution in [3.05, 3.63) is 64.8 Å². The summed E-state index contributed by atoms with van der Waals surface area (Å²) in [4.78, 5) is 20.1. The van der Waals surface area contributed by atoms with E-state index >= 15 is 0 Å². The number of carboxylic acids is 1. The second kappa shape index (κ2) is 10.2. The van der Waals surface area contributed by atoms with E-state index in [0.717, 1.165) is 11.1 Å². The van der Waals surface area contributed by atoms with E-state index in [0.29, 0.717) is 41.4 Å². The van der Waals surface area contributed by atoms with Crippen molar-refractivity contribution in [1.82, 2.24) is 14.5 Å². The van der Waals surface area contributed by atoms with Crippen molar-refractivity contribution >= 4 is 34.3 Å². The van der Waals surface area contributed by atoms with Gasteiger partial charge in [0, 0.05) is 35.8 Å². The number of aromatic nitrogens is 3. The number of nitrogens with zero attached hydrogens (tertiary/aromatic N) is 3. The molecule has 0 atom stereocenters. The summed E-state index contributed by atoms with van der Waals surface area (Å²) in [6.45, 7) is 4.93. The van der Waals surface area contributed by atoms with Gasteiger partial charge in [-0.05, 0) is 44.2 Å². The summed E-state index contributed by atoms with van der Waals surface area (Å²) in [7, 11) is 1.56. The Bertz CT molecular complexity index is 1410. The first-order valence-electron chi connectivity index (χ1n) is 10.9. The van der Waals surface area contributed by atoms with E-state index in [1.54, 1.807) is 32.2 Å². The zero-order chi connectivity index (χ0) is 25.1. The molecule has 0 radical (unpaired) electrons. The highest BCUT2D eigenvalue weighted by Crippen LogP contribution is 2.34. The van der Waals surface area contributed by atoms with E-state index in [2.05, 4.69) is 15.3 Å². The van der Waals surface area contributed by atoms with Crippen LogP contribution in [-0.4, -0.2) is 45.9 Å². The van der Waals surface area contributed by atoms with Gasteiger partial charge in [0.25, 0.3) is 0 Å². The first-order valence-corrected chi connectivity index (χ1v) is 11.3. The lowest BCUT2D eigenvalue weighted by molar-refractivity contribution is 0.0693. The molecule has 10 heteroatoms. The van der Waals surface area contributed by atoms with Gasteiger partial charge >= 0.3 is 5.97 Å². The number of rotatable bonds is 9. The van der Waals surface area contributed by atoms with Crippen LogP contribution in [0.3, 0.4) is 0 Å². The molecule has 0 bridgehead atoms.